The minimum Gasteiger partial charge on any atom is -0.493 e. The van der Waals surface area contributed by atoms with Crippen molar-refractivity contribution in [1.29, 1.82) is 0 Å². The second-order valence-corrected chi connectivity index (χ2v) is 5.44. The molecule has 7 heteroatoms. The van der Waals surface area contributed by atoms with Gasteiger partial charge >= 0.3 is 0 Å². The zero-order valence-corrected chi connectivity index (χ0v) is 14.7. The number of rotatable bonds is 6. The normalized spacial score (nSPS) is 10.2. The van der Waals surface area contributed by atoms with Crippen molar-refractivity contribution in [2.75, 3.05) is 19.5 Å². The molecule has 0 aliphatic heterocycles. The van der Waals surface area contributed by atoms with Crippen LogP contribution in [-0.2, 0) is 0 Å². The highest BCUT2D eigenvalue weighted by Gasteiger charge is 2.16. The number of halogens is 1. The number of nitrogens with one attached hydrogen (secondary N) is 1. The number of anilines is 1. The molecule has 1 N–H and O–H groups in total. The van der Waals surface area contributed by atoms with Gasteiger partial charge in [0.1, 0.15) is 11.6 Å². The van der Waals surface area contributed by atoms with Crippen LogP contribution in [0, 0.1) is 5.82 Å². The molecular weight excluding hydrogens is 351 g/mol. The van der Waals surface area contributed by atoms with Crippen molar-refractivity contribution < 1.29 is 23.4 Å². The molecule has 0 aliphatic carbocycles. The molecule has 0 saturated heterocycles. The highest BCUT2D eigenvalue weighted by molar-refractivity contribution is 6.06. The summed E-state index contributed by atoms with van der Waals surface area (Å²) in [5.74, 6) is 0.884. The van der Waals surface area contributed by atoms with Gasteiger partial charge in [-0.25, -0.2) is 9.37 Å². The molecule has 3 aromatic rings. The van der Waals surface area contributed by atoms with E-state index in [9.17, 15) is 9.18 Å². The molecule has 0 radical (unpaired) electrons. The number of ether oxygens (including phenoxy) is 3. The molecule has 1 amide bonds. The Bertz CT molecular complexity index is 928. The summed E-state index contributed by atoms with van der Waals surface area (Å²) in [6.45, 7) is 0. The molecule has 6 nitrogen and oxygen atoms in total. The summed E-state index contributed by atoms with van der Waals surface area (Å²) in [6.07, 6.45) is 1.46. The Hall–Kier alpha value is -3.61. The van der Waals surface area contributed by atoms with Gasteiger partial charge in [-0.05, 0) is 42.5 Å². The Morgan fingerprint density at radius 1 is 1.00 bits per heavy atom. The molecular formula is C20H17FN2O4. The summed E-state index contributed by atoms with van der Waals surface area (Å²) in [6, 6.07) is 13.9. The average Bonchev–Trinajstić information content (AvgIpc) is 2.70. The van der Waals surface area contributed by atoms with Crippen LogP contribution in [0.4, 0.5) is 10.1 Å². The van der Waals surface area contributed by atoms with Gasteiger partial charge in [0, 0.05) is 6.07 Å². The lowest BCUT2D eigenvalue weighted by molar-refractivity contribution is 0.102. The number of methoxy groups -OCH3 is 2. The van der Waals surface area contributed by atoms with E-state index in [-0.39, 0.29) is 11.7 Å². The van der Waals surface area contributed by atoms with Gasteiger partial charge in [-0.2, -0.15) is 0 Å². The minimum absolute atomic E-state index is 0.318. The Morgan fingerprint density at radius 2 is 1.78 bits per heavy atom. The fraction of sp³-hybridized carbons (Fsp3) is 0.100. The third-order valence-corrected chi connectivity index (χ3v) is 3.68. The predicted octanol–water partition coefficient (Wildman–Crippen LogP) is 4.28. The van der Waals surface area contributed by atoms with Crippen molar-refractivity contribution in [3.63, 3.8) is 0 Å². The van der Waals surface area contributed by atoms with Crippen LogP contribution in [0.5, 0.6) is 23.1 Å². The number of nitrogens with zero attached hydrogens (tertiary/aromatic N) is 1. The maximum absolute atomic E-state index is 12.9. The number of pyridine rings is 1. The number of hydrogen-bond acceptors (Lipinski definition) is 5. The molecule has 0 fully saturated rings. The van der Waals surface area contributed by atoms with E-state index >= 15 is 0 Å². The first-order valence-corrected chi connectivity index (χ1v) is 8.02. The maximum atomic E-state index is 12.9. The third-order valence-electron chi connectivity index (χ3n) is 3.68. The molecule has 1 aromatic heterocycles. The number of hydrogen-bond donors (Lipinski definition) is 1. The lowest BCUT2D eigenvalue weighted by atomic mass is 10.1. The Kier molecular flexibility index (Phi) is 5.51. The minimum atomic E-state index is -0.361. The monoisotopic (exact) mass is 368 g/mol. The maximum Gasteiger partial charge on any atom is 0.259 e. The van der Waals surface area contributed by atoms with E-state index in [4.69, 9.17) is 14.2 Å². The highest BCUT2D eigenvalue weighted by Crippen LogP contribution is 2.31. The molecule has 2 aromatic carbocycles. The van der Waals surface area contributed by atoms with E-state index in [1.807, 2.05) is 0 Å². The second kappa shape index (κ2) is 8.18. The van der Waals surface area contributed by atoms with Gasteiger partial charge in [0.25, 0.3) is 5.91 Å². The zero-order valence-electron chi connectivity index (χ0n) is 14.7. The van der Waals surface area contributed by atoms with Crippen LogP contribution in [0.2, 0.25) is 0 Å². The quantitative estimate of drug-likeness (QED) is 0.703. The fourth-order valence-corrected chi connectivity index (χ4v) is 2.40. The van der Waals surface area contributed by atoms with E-state index in [1.54, 1.807) is 30.3 Å². The number of aromatic nitrogens is 1. The van der Waals surface area contributed by atoms with Crippen molar-refractivity contribution >= 4 is 11.6 Å². The van der Waals surface area contributed by atoms with Crippen molar-refractivity contribution in [2.45, 2.75) is 0 Å². The second-order valence-electron chi connectivity index (χ2n) is 5.44. The van der Waals surface area contributed by atoms with E-state index < -0.39 is 0 Å². The van der Waals surface area contributed by atoms with E-state index in [2.05, 4.69) is 10.3 Å². The van der Waals surface area contributed by atoms with Gasteiger partial charge < -0.3 is 19.5 Å². The Morgan fingerprint density at radius 3 is 2.41 bits per heavy atom. The molecule has 27 heavy (non-hydrogen) atoms. The molecule has 0 unspecified atom stereocenters. The van der Waals surface area contributed by atoms with Gasteiger partial charge in [-0.3, -0.25) is 4.79 Å². The van der Waals surface area contributed by atoms with E-state index in [0.29, 0.717) is 34.4 Å². The first-order chi connectivity index (χ1) is 13.1. The van der Waals surface area contributed by atoms with E-state index in [0.717, 1.165) is 0 Å². The van der Waals surface area contributed by atoms with Crippen molar-refractivity contribution in [3.8, 4) is 23.1 Å². The average molecular weight is 368 g/mol. The smallest absolute Gasteiger partial charge is 0.259 e. The standard InChI is InChI=1S/C20H17FN2O4/c1-25-17-5-3-4-16(19(17)26-2)20(24)23-14-8-11-18(22-12-14)27-15-9-6-13(21)7-10-15/h3-12H,1-2H3,(H,23,24). The van der Waals surface area contributed by atoms with E-state index in [1.165, 1.54) is 44.7 Å². The number of para-hydroxylation sites is 1. The molecule has 138 valence electrons. The van der Waals surface area contributed by atoms with Gasteiger partial charge in [-0.1, -0.05) is 6.07 Å². The molecule has 0 aliphatic rings. The predicted molar refractivity (Wildman–Crippen MR) is 98.2 cm³/mol. The Labute approximate surface area is 155 Å². The SMILES string of the molecule is COc1cccc(C(=O)Nc2ccc(Oc3ccc(F)cc3)nc2)c1OC. The van der Waals surface area contributed by atoms with Crippen molar-refractivity contribution in [2.24, 2.45) is 0 Å². The molecule has 1 heterocycles. The van der Waals surface area contributed by atoms with Gasteiger partial charge in [-0.15, -0.1) is 0 Å². The zero-order chi connectivity index (χ0) is 19.2. The number of benzene rings is 2. The number of amides is 1. The van der Waals surface area contributed by atoms with Crippen LogP contribution in [0.1, 0.15) is 10.4 Å². The highest BCUT2D eigenvalue weighted by atomic mass is 19.1. The Balaban J connectivity index is 1.71. The van der Waals surface area contributed by atoms with Crippen LogP contribution in [0.15, 0.2) is 60.8 Å². The fourth-order valence-electron chi connectivity index (χ4n) is 2.40. The number of carbonyl (C=O) groups is 1. The lowest BCUT2D eigenvalue weighted by Crippen LogP contribution is -2.13. The summed E-state index contributed by atoms with van der Waals surface area (Å²) in [4.78, 5) is 16.7. The third kappa shape index (κ3) is 4.33. The van der Waals surface area contributed by atoms with Crippen LogP contribution in [-0.4, -0.2) is 25.1 Å². The summed E-state index contributed by atoms with van der Waals surface area (Å²) in [5.41, 5.74) is 0.819. The first kappa shape index (κ1) is 18.2. The summed E-state index contributed by atoms with van der Waals surface area (Å²) in [7, 11) is 2.97. The van der Waals surface area contributed by atoms with Gasteiger partial charge in [0.2, 0.25) is 5.88 Å². The molecule has 0 spiro atoms. The molecule has 0 atom stereocenters. The van der Waals surface area contributed by atoms with Crippen LogP contribution in [0.3, 0.4) is 0 Å². The largest absolute Gasteiger partial charge is 0.493 e. The first-order valence-electron chi connectivity index (χ1n) is 8.02. The van der Waals surface area contributed by atoms with Gasteiger partial charge in [0.15, 0.2) is 11.5 Å². The molecule has 0 saturated carbocycles. The van der Waals surface area contributed by atoms with Crippen molar-refractivity contribution in [3.05, 3.63) is 72.2 Å². The summed E-state index contributed by atoms with van der Waals surface area (Å²) in [5, 5.41) is 2.74. The summed E-state index contributed by atoms with van der Waals surface area (Å²) >= 11 is 0. The molecule has 0 bridgehead atoms. The lowest BCUT2D eigenvalue weighted by Gasteiger charge is -2.12. The number of carbonyl (C=O) groups excluding carboxylic acids is 1. The van der Waals surface area contributed by atoms with Crippen LogP contribution < -0.4 is 19.5 Å². The van der Waals surface area contributed by atoms with Crippen molar-refractivity contribution in [1.82, 2.24) is 4.98 Å². The molecule has 3 rings (SSSR count). The van der Waals surface area contributed by atoms with Gasteiger partial charge in [0.05, 0.1) is 31.7 Å². The topological polar surface area (TPSA) is 69.7 Å². The summed E-state index contributed by atoms with van der Waals surface area (Å²) < 4.78 is 28.9. The van der Waals surface area contributed by atoms with Crippen LogP contribution >= 0.6 is 0 Å². The van der Waals surface area contributed by atoms with Crippen LogP contribution in [0.25, 0.3) is 0 Å².